The molecule has 2 atom stereocenters. The van der Waals surface area contributed by atoms with Crippen LogP contribution in [0.5, 0.6) is 0 Å². The Kier molecular flexibility index (Phi) is 9.33. The van der Waals surface area contributed by atoms with Crippen LogP contribution in [0.4, 0.5) is 13.6 Å². The summed E-state index contributed by atoms with van der Waals surface area (Å²) in [5.41, 5.74) is -1.18. The van der Waals surface area contributed by atoms with Crippen LogP contribution in [0.2, 0.25) is 6.32 Å². The number of alkyl halides is 2. The molecule has 14 heteroatoms. The summed E-state index contributed by atoms with van der Waals surface area (Å²) in [7, 11) is -1.74. The number of hydrogen-bond donors (Lipinski definition) is 3. The van der Waals surface area contributed by atoms with Gasteiger partial charge in [-0.15, -0.1) is 0 Å². The van der Waals surface area contributed by atoms with Crippen molar-refractivity contribution in [1.82, 2.24) is 15.1 Å². The van der Waals surface area contributed by atoms with Crippen LogP contribution in [-0.2, 0) is 14.3 Å². The third-order valence-corrected chi connectivity index (χ3v) is 7.32. The number of alkyl carbamates (subject to hydrolysis) is 1. The minimum absolute atomic E-state index is 0.0427. The molecule has 0 saturated carbocycles. The zero-order chi connectivity index (χ0) is 29.8. The first-order chi connectivity index (χ1) is 19.4. The number of nitrogens with zero attached hydrogens (tertiary/aromatic N) is 3. The number of halogens is 2. The Morgan fingerprint density at radius 2 is 2.10 bits per heavy atom. The molecule has 1 aromatic carbocycles. The number of carbonyl (C=O) groups excluding carboxylic acids is 2. The average Bonchev–Trinajstić information content (AvgIpc) is 3.53. The molecule has 41 heavy (non-hydrogen) atoms. The lowest BCUT2D eigenvalue weighted by molar-refractivity contribution is -0.137. The molecule has 3 N–H and O–H groups in total. The van der Waals surface area contributed by atoms with Gasteiger partial charge in [0.15, 0.2) is 0 Å². The van der Waals surface area contributed by atoms with Gasteiger partial charge in [-0.1, -0.05) is 24.3 Å². The average molecular weight is 574 g/mol. The van der Waals surface area contributed by atoms with Crippen LogP contribution in [0.25, 0.3) is 10.8 Å². The third-order valence-electron chi connectivity index (χ3n) is 7.32. The third kappa shape index (κ3) is 7.42. The molecule has 1 unspecified atom stereocenters. The van der Waals surface area contributed by atoms with Crippen molar-refractivity contribution in [1.29, 1.82) is 5.26 Å². The molecular formula is C27H33BF2N4O7. The largest absolute Gasteiger partial charge is 0.466 e. The minimum atomic E-state index is -2.83. The summed E-state index contributed by atoms with van der Waals surface area (Å²) in [5.74, 6) is -3.12. The highest BCUT2D eigenvalue weighted by Gasteiger charge is 2.43. The number of nitriles is 1. The molecule has 2 aliphatic heterocycles. The number of fused-ring (bicyclic) bond motifs is 1. The normalized spacial score (nSPS) is 20.5. The summed E-state index contributed by atoms with van der Waals surface area (Å²) < 4.78 is 44.0. The van der Waals surface area contributed by atoms with Gasteiger partial charge in [-0.3, -0.25) is 9.69 Å². The second-order valence-corrected chi connectivity index (χ2v) is 10.8. The Balaban J connectivity index is 1.42. The Labute approximate surface area is 236 Å². The molecule has 11 nitrogen and oxygen atoms in total. The Hall–Kier alpha value is -3.51. The Morgan fingerprint density at radius 1 is 1.34 bits per heavy atom. The van der Waals surface area contributed by atoms with E-state index in [-0.39, 0.29) is 51.2 Å². The van der Waals surface area contributed by atoms with Crippen LogP contribution in [-0.4, -0.2) is 95.9 Å². The molecule has 0 bridgehead atoms. The van der Waals surface area contributed by atoms with Gasteiger partial charge in [0.2, 0.25) is 0 Å². The smallest absolute Gasteiger partial charge is 0.454 e. The van der Waals surface area contributed by atoms with Gasteiger partial charge in [0.1, 0.15) is 24.0 Å². The van der Waals surface area contributed by atoms with Crippen LogP contribution in [0.15, 0.2) is 46.6 Å². The molecule has 2 fully saturated rings. The lowest BCUT2D eigenvalue weighted by Crippen LogP contribution is -2.52. The van der Waals surface area contributed by atoms with Crippen molar-refractivity contribution >= 4 is 29.9 Å². The zero-order valence-electron chi connectivity index (χ0n) is 22.9. The maximum absolute atomic E-state index is 13.8. The van der Waals surface area contributed by atoms with E-state index in [4.69, 9.17) is 13.9 Å². The van der Waals surface area contributed by atoms with Crippen molar-refractivity contribution in [3.8, 4) is 6.07 Å². The first kappa shape index (κ1) is 30.5. The second kappa shape index (κ2) is 12.6. The SMILES string of the molecule is CC(C)(C=C(C#N)C(=O)N1CCOC[C@@H]1COC(=O)NC(CB(O)O)c1occ2ccccc12)N1CCC(F)(F)C1. The summed E-state index contributed by atoms with van der Waals surface area (Å²) >= 11 is 0. The molecule has 2 saturated heterocycles. The lowest BCUT2D eigenvalue weighted by atomic mass is 9.80. The van der Waals surface area contributed by atoms with Crippen molar-refractivity contribution in [3.05, 3.63) is 47.9 Å². The summed E-state index contributed by atoms with van der Waals surface area (Å²) in [4.78, 5) is 29.0. The first-order valence-electron chi connectivity index (χ1n) is 13.3. The highest BCUT2D eigenvalue weighted by atomic mass is 19.3. The van der Waals surface area contributed by atoms with Crippen LogP contribution in [0.1, 0.15) is 32.1 Å². The quantitative estimate of drug-likeness (QED) is 0.233. The predicted octanol–water partition coefficient (Wildman–Crippen LogP) is 2.47. The van der Waals surface area contributed by atoms with E-state index in [1.54, 1.807) is 26.0 Å². The number of morpholine rings is 1. The van der Waals surface area contributed by atoms with Crippen molar-refractivity contribution in [2.45, 2.75) is 50.1 Å². The van der Waals surface area contributed by atoms with Gasteiger partial charge in [-0.05, 0) is 19.9 Å². The molecule has 220 valence electrons. The maximum atomic E-state index is 13.8. The van der Waals surface area contributed by atoms with Gasteiger partial charge in [-0.25, -0.2) is 13.6 Å². The minimum Gasteiger partial charge on any atom is -0.466 e. The summed E-state index contributed by atoms with van der Waals surface area (Å²) in [6.45, 7) is 3.12. The van der Waals surface area contributed by atoms with E-state index in [1.165, 1.54) is 22.1 Å². The van der Waals surface area contributed by atoms with Crippen molar-refractivity contribution in [2.24, 2.45) is 0 Å². The fourth-order valence-corrected chi connectivity index (χ4v) is 5.11. The van der Waals surface area contributed by atoms with E-state index in [0.717, 1.165) is 5.39 Å². The zero-order valence-corrected chi connectivity index (χ0v) is 22.9. The molecule has 3 heterocycles. The van der Waals surface area contributed by atoms with E-state index in [1.807, 2.05) is 18.2 Å². The molecule has 2 aliphatic rings. The number of ether oxygens (including phenoxy) is 2. The number of benzene rings is 1. The standard InChI is InChI=1S/C27H33BF2N4O7/c1-26(2,33-8-7-27(29,30)17-33)11-19(13-31)24(35)34-9-10-39-15-20(34)16-41-25(36)32-22(12-28(37)38)23-21-6-4-3-5-18(21)14-40-23/h3-6,11,14,20,22,37-38H,7-10,12,15-17H2,1-2H3,(H,32,36)/t20-,22?/m1/s1. The van der Waals surface area contributed by atoms with Gasteiger partial charge in [0, 0.05) is 42.1 Å². The number of amides is 2. The summed E-state index contributed by atoms with van der Waals surface area (Å²) in [6, 6.07) is 7.45. The van der Waals surface area contributed by atoms with E-state index in [0.29, 0.717) is 11.1 Å². The monoisotopic (exact) mass is 574 g/mol. The number of furan rings is 1. The number of carbonyl (C=O) groups is 2. The summed E-state index contributed by atoms with van der Waals surface area (Å²) in [6.07, 6.45) is 1.45. The van der Waals surface area contributed by atoms with Crippen LogP contribution in [0.3, 0.4) is 0 Å². The fraction of sp³-hybridized carbons (Fsp3) is 0.519. The fourth-order valence-electron chi connectivity index (χ4n) is 5.11. The molecule has 2 aromatic rings. The Bertz CT molecular complexity index is 1330. The summed E-state index contributed by atoms with van der Waals surface area (Å²) in [5, 5.41) is 33.0. The molecule has 0 spiro atoms. The van der Waals surface area contributed by atoms with Gasteiger partial charge in [-0.2, -0.15) is 5.26 Å². The van der Waals surface area contributed by atoms with Gasteiger partial charge >= 0.3 is 13.2 Å². The lowest BCUT2D eigenvalue weighted by Gasteiger charge is -2.36. The number of hydrogen-bond acceptors (Lipinski definition) is 9. The van der Waals surface area contributed by atoms with Gasteiger partial charge in [0.05, 0.1) is 38.1 Å². The van der Waals surface area contributed by atoms with Crippen LogP contribution in [0, 0.1) is 11.3 Å². The second-order valence-electron chi connectivity index (χ2n) is 10.8. The molecule has 4 rings (SSSR count). The molecule has 0 radical (unpaired) electrons. The van der Waals surface area contributed by atoms with Gasteiger partial charge in [0.25, 0.3) is 11.8 Å². The molecule has 1 aromatic heterocycles. The Morgan fingerprint density at radius 3 is 2.78 bits per heavy atom. The number of nitrogens with one attached hydrogen (secondary N) is 1. The highest BCUT2D eigenvalue weighted by Crippen LogP contribution is 2.33. The van der Waals surface area contributed by atoms with Crippen molar-refractivity contribution in [3.63, 3.8) is 0 Å². The van der Waals surface area contributed by atoms with Crippen molar-refractivity contribution in [2.75, 3.05) is 39.5 Å². The van der Waals surface area contributed by atoms with E-state index in [2.05, 4.69) is 5.32 Å². The number of rotatable bonds is 9. The predicted molar refractivity (Wildman–Crippen MR) is 144 cm³/mol. The van der Waals surface area contributed by atoms with E-state index in [9.17, 15) is 33.7 Å². The molecule has 2 amide bonds. The maximum Gasteiger partial charge on any atom is 0.454 e. The first-order valence-corrected chi connectivity index (χ1v) is 13.3. The van der Waals surface area contributed by atoms with E-state index < -0.39 is 49.2 Å². The van der Waals surface area contributed by atoms with E-state index >= 15 is 0 Å². The van der Waals surface area contributed by atoms with Crippen LogP contribution >= 0.6 is 0 Å². The number of likely N-dealkylation sites (tertiary alicyclic amines) is 1. The topological polar surface area (TPSA) is 148 Å². The molecule has 0 aliphatic carbocycles. The van der Waals surface area contributed by atoms with Crippen LogP contribution < -0.4 is 5.32 Å². The molecular weight excluding hydrogens is 541 g/mol. The van der Waals surface area contributed by atoms with Gasteiger partial charge < -0.3 is 34.2 Å². The van der Waals surface area contributed by atoms with Crippen molar-refractivity contribution < 1.29 is 42.3 Å². The highest BCUT2D eigenvalue weighted by molar-refractivity contribution is 6.41.